The van der Waals surface area contributed by atoms with Crippen LogP contribution in [-0.4, -0.2) is 22.8 Å². The maximum atomic E-state index is 12.4. The van der Waals surface area contributed by atoms with Crippen molar-refractivity contribution < 1.29 is 18.0 Å². The average Bonchev–Trinajstić information content (AvgIpc) is 2.91. The van der Waals surface area contributed by atoms with Gasteiger partial charge in [-0.2, -0.15) is 13.2 Å². The summed E-state index contributed by atoms with van der Waals surface area (Å²) in [6.45, 7) is 0.302. The summed E-state index contributed by atoms with van der Waals surface area (Å²) in [6, 6.07) is 4.41. The molecule has 1 aromatic carbocycles. The fourth-order valence-electron chi connectivity index (χ4n) is 1.55. The van der Waals surface area contributed by atoms with Crippen LogP contribution in [0.15, 0.2) is 29.8 Å². The van der Waals surface area contributed by atoms with Crippen LogP contribution in [0.2, 0.25) is 0 Å². The van der Waals surface area contributed by atoms with Crippen molar-refractivity contribution in [2.75, 3.05) is 11.9 Å². The van der Waals surface area contributed by atoms with E-state index in [0.717, 1.165) is 12.1 Å². The van der Waals surface area contributed by atoms with Gasteiger partial charge in [0.1, 0.15) is 5.51 Å². The number of rotatable bonds is 4. The van der Waals surface area contributed by atoms with Crippen LogP contribution >= 0.6 is 11.3 Å². The second-order valence-corrected chi connectivity index (χ2v) is 4.90. The van der Waals surface area contributed by atoms with Crippen molar-refractivity contribution in [1.82, 2.24) is 15.5 Å². The fraction of sp³-hybridized carbons (Fsp3) is 0.250. The topological polar surface area (TPSA) is 66.9 Å². The Morgan fingerprint density at radius 1 is 1.24 bits per heavy atom. The average molecular weight is 316 g/mol. The Bertz CT molecular complexity index is 584. The van der Waals surface area contributed by atoms with Crippen molar-refractivity contribution in [2.45, 2.75) is 12.6 Å². The number of carbonyl (C=O) groups excluding carboxylic acids is 1. The van der Waals surface area contributed by atoms with Crippen molar-refractivity contribution >= 4 is 22.5 Å². The van der Waals surface area contributed by atoms with E-state index < -0.39 is 17.8 Å². The molecule has 0 unspecified atom stereocenters. The molecule has 0 fully saturated rings. The van der Waals surface area contributed by atoms with Crippen molar-refractivity contribution in [1.29, 1.82) is 0 Å². The van der Waals surface area contributed by atoms with Gasteiger partial charge < -0.3 is 5.32 Å². The van der Waals surface area contributed by atoms with Crippen LogP contribution in [0.4, 0.5) is 23.1 Å². The number of urea groups is 1. The highest BCUT2D eigenvalue weighted by atomic mass is 32.1. The van der Waals surface area contributed by atoms with Crippen molar-refractivity contribution in [3.05, 3.63) is 40.9 Å². The van der Waals surface area contributed by atoms with Crippen LogP contribution in [-0.2, 0) is 12.6 Å². The molecule has 2 amide bonds. The van der Waals surface area contributed by atoms with E-state index in [9.17, 15) is 18.0 Å². The number of nitrogens with zero attached hydrogens (tertiary/aromatic N) is 2. The molecule has 0 aliphatic heterocycles. The zero-order chi connectivity index (χ0) is 15.3. The van der Waals surface area contributed by atoms with Crippen molar-refractivity contribution in [2.24, 2.45) is 0 Å². The summed E-state index contributed by atoms with van der Waals surface area (Å²) in [7, 11) is 0. The SMILES string of the molecule is O=C(NCCc1ccc(C(F)(F)F)cc1)Nc1nncs1. The molecule has 2 N–H and O–H groups in total. The number of nitrogens with one attached hydrogen (secondary N) is 2. The molecular formula is C12H11F3N4OS. The third-order valence-corrected chi connectivity index (χ3v) is 3.17. The van der Waals surface area contributed by atoms with E-state index in [1.165, 1.54) is 29.0 Å². The maximum Gasteiger partial charge on any atom is 0.416 e. The third kappa shape index (κ3) is 4.71. The number of hydrogen-bond donors (Lipinski definition) is 2. The highest BCUT2D eigenvalue weighted by Gasteiger charge is 2.29. The number of alkyl halides is 3. The summed E-state index contributed by atoms with van der Waals surface area (Å²) >= 11 is 1.18. The first-order chi connectivity index (χ1) is 9.95. The smallest absolute Gasteiger partial charge is 0.337 e. The number of anilines is 1. The van der Waals surface area contributed by atoms with Gasteiger partial charge >= 0.3 is 12.2 Å². The third-order valence-electron chi connectivity index (χ3n) is 2.56. The summed E-state index contributed by atoms with van der Waals surface area (Å²) in [5.74, 6) is 0. The fourth-order valence-corrected chi connectivity index (χ4v) is 1.99. The Morgan fingerprint density at radius 3 is 2.52 bits per heavy atom. The van der Waals surface area contributed by atoms with Gasteiger partial charge in [0, 0.05) is 6.54 Å². The number of carbonyl (C=O) groups is 1. The van der Waals surface area contributed by atoms with Crippen LogP contribution in [0.25, 0.3) is 0 Å². The van der Waals surface area contributed by atoms with Gasteiger partial charge in [0.2, 0.25) is 5.13 Å². The van der Waals surface area contributed by atoms with E-state index >= 15 is 0 Å². The molecule has 1 aromatic heterocycles. The Kier molecular flexibility index (Phi) is 4.73. The molecule has 0 saturated carbocycles. The first-order valence-electron chi connectivity index (χ1n) is 5.92. The lowest BCUT2D eigenvalue weighted by Gasteiger charge is -2.08. The van der Waals surface area contributed by atoms with Crippen LogP contribution < -0.4 is 10.6 Å². The predicted molar refractivity (Wildman–Crippen MR) is 72.1 cm³/mol. The summed E-state index contributed by atoms with van der Waals surface area (Å²) in [6.07, 6.45) is -3.90. The number of benzene rings is 1. The Morgan fingerprint density at radius 2 is 1.95 bits per heavy atom. The minimum atomic E-state index is -4.33. The molecule has 21 heavy (non-hydrogen) atoms. The van der Waals surface area contributed by atoms with E-state index in [1.807, 2.05) is 0 Å². The van der Waals surface area contributed by atoms with E-state index in [0.29, 0.717) is 23.7 Å². The van der Waals surface area contributed by atoms with Crippen molar-refractivity contribution in [3.8, 4) is 0 Å². The molecule has 0 atom stereocenters. The highest BCUT2D eigenvalue weighted by molar-refractivity contribution is 7.13. The zero-order valence-corrected chi connectivity index (χ0v) is 11.5. The van der Waals surface area contributed by atoms with Gasteiger partial charge in [0.25, 0.3) is 0 Å². The molecule has 0 saturated heterocycles. The molecule has 1 heterocycles. The van der Waals surface area contributed by atoms with Crippen LogP contribution in [0.3, 0.4) is 0 Å². The van der Waals surface area contributed by atoms with Gasteiger partial charge in [-0.05, 0) is 24.1 Å². The van der Waals surface area contributed by atoms with Gasteiger partial charge in [-0.25, -0.2) is 4.79 Å². The normalized spacial score (nSPS) is 11.2. The van der Waals surface area contributed by atoms with Gasteiger partial charge in [-0.15, -0.1) is 10.2 Å². The second kappa shape index (κ2) is 6.53. The molecule has 5 nitrogen and oxygen atoms in total. The molecule has 0 bridgehead atoms. The summed E-state index contributed by atoms with van der Waals surface area (Å²) < 4.78 is 37.1. The minimum Gasteiger partial charge on any atom is -0.337 e. The molecule has 112 valence electrons. The van der Waals surface area contributed by atoms with Crippen LogP contribution in [0.5, 0.6) is 0 Å². The molecule has 2 rings (SSSR count). The van der Waals surface area contributed by atoms with E-state index in [-0.39, 0.29) is 0 Å². The van der Waals surface area contributed by atoms with Crippen LogP contribution in [0, 0.1) is 0 Å². The predicted octanol–water partition coefficient (Wildman–Crippen LogP) is 2.92. The van der Waals surface area contributed by atoms with E-state index in [2.05, 4.69) is 20.8 Å². The Hall–Kier alpha value is -2.16. The summed E-state index contributed by atoms with van der Waals surface area (Å²) in [5.41, 5.74) is 1.50. The number of hydrogen-bond acceptors (Lipinski definition) is 4. The molecule has 2 aromatic rings. The van der Waals surface area contributed by atoms with Gasteiger partial charge in [-0.3, -0.25) is 5.32 Å². The monoisotopic (exact) mass is 316 g/mol. The Balaban J connectivity index is 1.77. The largest absolute Gasteiger partial charge is 0.416 e. The number of amides is 2. The van der Waals surface area contributed by atoms with Gasteiger partial charge in [0.15, 0.2) is 0 Å². The minimum absolute atomic E-state index is 0.302. The van der Waals surface area contributed by atoms with E-state index in [4.69, 9.17) is 0 Å². The first kappa shape index (κ1) is 15.2. The molecular weight excluding hydrogens is 305 g/mol. The molecule has 0 spiro atoms. The lowest BCUT2D eigenvalue weighted by molar-refractivity contribution is -0.137. The maximum absolute atomic E-state index is 12.4. The Labute approximate surface area is 122 Å². The summed E-state index contributed by atoms with van der Waals surface area (Å²) in [5, 5.41) is 12.7. The number of halogens is 3. The highest BCUT2D eigenvalue weighted by Crippen LogP contribution is 2.29. The quantitative estimate of drug-likeness (QED) is 0.911. The molecule has 0 aliphatic carbocycles. The molecule has 0 radical (unpaired) electrons. The first-order valence-corrected chi connectivity index (χ1v) is 6.80. The molecule has 9 heteroatoms. The van der Waals surface area contributed by atoms with Gasteiger partial charge in [-0.1, -0.05) is 23.5 Å². The van der Waals surface area contributed by atoms with Crippen LogP contribution in [0.1, 0.15) is 11.1 Å². The summed E-state index contributed by atoms with van der Waals surface area (Å²) in [4.78, 5) is 11.5. The standard InChI is InChI=1S/C12H11F3N4OS/c13-12(14,15)9-3-1-8(2-4-9)5-6-16-10(20)18-11-19-17-7-21-11/h1-4,7H,5-6H2,(H2,16,18,19,20). The molecule has 0 aliphatic rings. The zero-order valence-electron chi connectivity index (χ0n) is 10.6. The second-order valence-electron chi connectivity index (χ2n) is 4.07. The number of aromatic nitrogens is 2. The van der Waals surface area contributed by atoms with Crippen molar-refractivity contribution in [3.63, 3.8) is 0 Å². The lowest BCUT2D eigenvalue weighted by Crippen LogP contribution is -2.30. The van der Waals surface area contributed by atoms with Gasteiger partial charge in [0.05, 0.1) is 5.56 Å². The lowest BCUT2D eigenvalue weighted by atomic mass is 10.1. The van der Waals surface area contributed by atoms with E-state index in [1.54, 1.807) is 0 Å².